The molecule has 0 unspecified atom stereocenters. The zero-order valence-corrected chi connectivity index (χ0v) is 11.0. The van der Waals surface area contributed by atoms with Crippen LogP contribution < -0.4 is 0 Å². The molecule has 0 radical (unpaired) electrons. The van der Waals surface area contributed by atoms with E-state index < -0.39 is 12.2 Å². The van der Waals surface area contributed by atoms with E-state index >= 15 is 0 Å². The van der Waals surface area contributed by atoms with Crippen LogP contribution >= 0.6 is 0 Å². The number of rotatable bonds is 4. The molecule has 0 bridgehead atoms. The van der Waals surface area contributed by atoms with E-state index in [2.05, 4.69) is 0 Å². The minimum atomic E-state index is -0.635. The molecule has 0 aromatic heterocycles. The van der Waals surface area contributed by atoms with E-state index in [-0.39, 0.29) is 19.3 Å². The van der Waals surface area contributed by atoms with E-state index in [1.165, 1.54) is 4.90 Å². The average Bonchev–Trinajstić information content (AvgIpc) is 2.85. The van der Waals surface area contributed by atoms with Crippen molar-refractivity contribution in [1.29, 1.82) is 0 Å². The van der Waals surface area contributed by atoms with Crippen LogP contribution in [0.4, 0.5) is 4.79 Å². The van der Waals surface area contributed by atoms with Crippen molar-refractivity contribution in [2.24, 2.45) is 0 Å². The highest BCUT2D eigenvalue weighted by atomic mass is 16.6. The molecule has 19 heavy (non-hydrogen) atoms. The Labute approximate surface area is 112 Å². The Morgan fingerprint density at radius 3 is 2.74 bits per heavy atom. The maximum Gasteiger partial charge on any atom is 0.410 e. The summed E-state index contributed by atoms with van der Waals surface area (Å²) in [5.74, 6) is 0. The molecule has 0 saturated carbocycles. The van der Waals surface area contributed by atoms with Gasteiger partial charge in [-0.2, -0.15) is 0 Å². The van der Waals surface area contributed by atoms with Crippen molar-refractivity contribution in [3.63, 3.8) is 0 Å². The molecule has 2 atom stereocenters. The molecule has 1 aromatic rings. The van der Waals surface area contributed by atoms with Gasteiger partial charge in [-0.1, -0.05) is 30.3 Å². The second-order valence-corrected chi connectivity index (χ2v) is 4.50. The second-order valence-electron chi connectivity index (χ2n) is 4.50. The van der Waals surface area contributed by atoms with E-state index in [9.17, 15) is 9.90 Å². The molecule has 1 aliphatic heterocycles. The van der Waals surface area contributed by atoms with E-state index in [1.807, 2.05) is 37.3 Å². The Morgan fingerprint density at radius 1 is 1.42 bits per heavy atom. The van der Waals surface area contributed by atoms with Gasteiger partial charge >= 0.3 is 6.09 Å². The summed E-state index contributed by atoms with van der Waals surface area (Å²) in [5, 5.41) is 9.75. The third-order valence-corrected chi connectivity index (χ3v) is 3.20. The van der Waals surface area contributed by atoms with Crippen LogP contribution in [0.15, 0.2) is 30.3 Å². The van der Waals surface area contributed by atoms with E-state index in [0.717, 1.165) is 5.56 Å². The van der Waals surface area contributed by atoms with Gasteiger partial charge in [-0.25, -0.2) is 4.79 Å². The minimum absolute atomic E-state index is 0.236. The summed E-state index contributed by atoms with van der Waals surface area (Å²) < 4.78 is 10.4. The van der Waals surface area contributed by atoms with Crippen LogP contribution in [0.25, 0.3) is 0 Å². The van der Waals surface area contributed by atoms with Crippen LogP contribution in [-0.4, -0.2) is 48.0 Å². The molecule has 5 heteroatoms. The number of ether oxygens (including phenoxy) is 2. The van der Waals surface area contributed by atoms with Gasteiger partial charge in [-0.15, -0.1) is 0 Å². The van der Waals surface area contributed by atoms with Gasteiger partial charge in [0.1, 0.15) is 12.7 Å². The van der Waals surface area contributed by atoms with Crippen LogP contribution in [0, 0.1) is 0 Å². The molecular formula is C14H19NO4. The maximum atomic E-state index is 12.0. The lowest BCUT2D eigenvalue weighted by molar-refractivity contribution is 0.0526. The van der Waals surface area contributed by atoms with Gasteiger partial charge in [-0.3, -0.25) is 0 Å². The molecule has 1 N–H and O–H groups in total. The second kappa shape index (κ2) is 6.54. The largest absolute Gasteiger partial charge is 0.445 e. The number of nitrogens with zero attached hydrogens (tertiary/aromatic N) is 1. The molecule has 1 aromatic carbocycles. The van der Waals surface area contributed by atoms with Gasteiger partial charge in [0.15, 0.2) is 0 Å². The van der Waals surface area contributed by atoms with Crippen molar-refractivity contribution >= 4 is 6.09 Å². The average molecular weight is 265 g/mol. The molecule has 1 fully saturated rings. The molecule has 1 aliphatic rings. The zero-order valence-electron chi connectivity index (χ0n) is 11.0. The molecule has 2 rings (SSSR count). The van der Waals surface area contributed by atoms with Crippen molar-refractivity contribution in [3.8, 4) is 0 Å². The lowest BCUT2D eigenvalue weighted by Gasteiger charge is -2.27. The first kappa shape index (κ1) is 13.8. The van der Waals surface area contributed by atoms with Gasteiger partial charge in [0.05, 0.1) is 19.3 Å². The maximum absolute atomic E-state index is 12.0. The van der Waals surface area contributed by atoms with Crippen LogP contribution in [0.2, 0.25) is 0 Å². The van der Waals surface area contributed by atoms with E-state index in [4.69, 9.17) is 9.47 Å². The number of hydrogen-bond donors (Lipinski definition) is 1. The van der Waals surface area contributed by atoms with Gasteiger partial charge in [0, 0.05) is 6.54 Å². The summed E-state index contributed by atoms with van der Waals surface area (Å²) in [6.45, 7) is 3.20. The Kier molecular flexibility index (Phi) is 4.76. The van der Waals surface area contributed by atoms with Crippen molar-refractivity contribution in [3.05, 3.63) is 35.9 Å². The Bertz CT molecular complexity index is 409. The number of aliphatic hydroxyl groups excluding tert-OH is 1. The predicted molar refractivity (Wildman–Crippen MR) is 69.6 cm³/mol. The van der Waals surface area contributed by atoms with Crippen LogP contribution in [0.3, 0.4) is 0 Å². The lowest BCUT2D eigenvalue weighted by atomic mass is 10.2. The highest BCUT2D eigenvalue weighted by molar-refractivity contribution is 5.68. The summed E-state index contributed by atoms with van der Waals surface area (Å²) >= 11 is 0. The Morgan fingerprint density at radius 2 is 2.16 bits per heavy atom. The van der Waals surface area contributed by atoms with Crippen LogP contribution in [-0.2, 0) is 16.1 Å². The summed E-state index contributed by atoms with van der Waals surface area (Å²) in [6.07, 6.45) is -1.05. The smallest absolute Gasteiger partial charge is 0.410 e. The number of carbonyl (C=O) groups is 1. The highest BCUT2D eigenvalue weighted by Crippen LogP contribution is 2.15. The molecule has 0 aliphatic carbocycles. The van der Waals surface area contributed by atoms with E-state index in [0.29, 0.717) is 13.2 Å². The highest BCUT2D eigenvalue weighted by Gasteiger charge is 2.34. The summed E-state index contributed by atoms with van der Waals surface area (Å²) in [7, 11) is 0. The number of amides is 1. The van der Waals surface area contributed by atoms with Crippen LogP contribution in [0.1, 0.15) is 12.5 Å². The number of carbonyl (C=O) groups excluding carboxylic acids is 1. The standard InChI is InChI=1S/C14H19NO4/c1-2-15(12-9-18-10-13(12)16)14(17)19-8-11-6-4-3-5-7-11/h3-7,12-13,16H,2,8-10H2,1H3/t12-,13-/m1/s1. The fraction of sp³-hybridized carbons (Fsp3) is 0.500. The monoisotopic (exact) mass is 265 g/mol. The SMILES string of the molecule is CCN(C(=O)OCc1ccccc1)[C@@H]1COC[C@H]1O. The normalized spacial score (nSPS) is 22.2. The van der Waals surface area contributed by atoms with Crippen molar-refractivity contribution in [2.75, 3.05) is 19.8 Å². The van der Waals surface area contributed by atoms with Gasteiger partial charge in [0.25, 0.3) is 0 Å². The summed E-state index contributed by atoms with van der Waals surface area (Å²) in [5.41, 5.74) is 0.940. The van der Waals surface area contributed by atoms with Gasteiger partial charge < -0.3 is 19.5 Å². The van der Waals surface area contributed by atoms with Crippen LogP contribution in [0.5, 0.6) is 0 Å². The summed E-state index contributed by atoms with van der Waals surface area (Å²) in [4.78, 5) is 13.5. The van der Waals surface area contributed by atoms with Gasteiger partial charge in [-0.05, 0) is 12.5 Å². The first-order valence-electron chi connectivity index (χ1n) is 6.45. The third kappa shape index (κ3) is 3.45. The molecular weight excluding hydrogens is 246 g/mol. The third-order valence-electron chi connectivity index (χ3n) is 3.20. The molecule has 104 valence electrons. The quantitative estimate of drug-likeness (QED) is 0.894. The Hall–Kier alpha value is -1.59. The number of aliphatic hydroxyl groups is 1. The van der Waals surface area contributed by atoms with Crippen molar-refractivity contribution < 1.29 is 19.4 Å². The minimum Gasteiger partial charge on any atom is -0.445 e. The first-order chi connectivity index (χ1) is 9.22. The first-order valence-corrected chi connectivity index (χ1v) is 6.45. The topological polar surface area (TPSA) is 59.0 Å². The zero-order chi connectivity index (χ0) is 13.7. The molecule has 1 saturated heterocycles. The fourth-order valence-electron chi connectivity index (χ4n) is 2.13. The molecule has 5 nitrogen and oxygen atoms in total. The number of likely N-dealkylation sites (N-methyl/N-ethyl adjacent to an activating group) is 1. The fourth-order valence-corrected chi connectivity index (χ4v) is 2.13. The molecule has 1 heterocycles. The number of hydrogen-bond acceptors (Lipinski definition) is 4. The molecule has 1 amide bonds. The lowest BCUT2D eigenvalue weighted by Crippen LogP contribution is -2.46. The summed E-state index contributed by atoms with van der Waals surface area (Å²) in [6, 6.07) is 9.20. The predicted octanol–water partition coefficient (Wildman–Crippen LogP) is 1.40. The van der Waals surface area contributed by atoms with Crippen molar-refractivity contribution in [1.82, 2.24) is 4.90 Å². The van der Waals surface area contributed by atoms with E-state index in [1.54, 1.807) is 0 Å². The number of benzene rings is 1. The van der Waals surface area contributed by atoms with Gasteiger partial charge in [0.2, 0.25) is 0 Å². The Balaban J connectivity index is 1.90. The molecule has 0 spiro atoms. The van der Waals surface area contributed by atoms with Crippen molar-refractivity contribution in [2.45, 2.75) is 25.7 Å².